The van der Waals surface area contributed by atoms with Crippen molar-refractivity contribution in [2.75, 3.05) is 40.4 Å². The zero-order valence-corrected chi connectivity index (χ0v) is 18.0. The van der Waals surface area contributed by atoms with E-state index in [1.54, 1.807) is 25.6 Å². The minimum atomic E-state index is 0.0293. The van der Waals surface area contributed by atoms with Gasteiger partial charge in [0.15, 0.2) is 0 Å². The Bertz CT molecular complexity index is 1010. The van der Waals surface area contributed by atoms with Gasteiger partial charge >= 0.3 is 0 Å². The number of rotatable bonds is 6. The number of piperazine rings is 1. The highest BCUT2D eigenvalue weighted by molar-refractivity contribution is 7.09. The first-order chi connectivity index (χ1) is 14.7. The number of amides is 1. The molecule has 6 nitrogen and oxygen atoms in total. The minimum Gasteiger partial charge on any atom is -0.497 e. The second kappa shape index (κ2) is 9.28. The van der Waals surface area contributed by atoms with Crippen molar-refractivity contribution in [2.24, 2.45) is 0 Å². The van der Waals surface area contributed by atoms with E-state index in [4.69, 9.17) is 14.5 Å². The van der Waals surface area contributed by atoms with Crippen molar-refractivity contribution in [3.05, 3.63) is 64.5 Å². The molecule has 0 aliphatic carbocycles. The Balaban J connectivity index is 1.35. The van der Waals surface area contributed by atoms with Gasteiger partial charge in [0, 0.05) is 37.1 Å². The number of benzene rings is 2. The standard InChI is InChI=1S/C23H25N3O3S/c1-28-18-7-5-6-17(14-18)20-16-30-22(24-20)15-25-10-12-26(13-11-25)23(27)19-8-3-4-9-21(19)29-2/h3-9,14,16H,10-13,15H2,1-2H3. The molecule has 1 fully saturated rings. The Labute approximate surface area is 180 Å². The SMILES string of the molecule is COc1cccc(-c2csc(CN3CCN(C(=O)c4ccccc4OC)CC3)n2)c1. The van der Waals surface area contributed by atoms with Gasteiger partial charge in [-0.15, -0.1) is 11.3 Å². The summed E-state index contributed by atoms with van der Waals surface area (Å²) in [6.07, 6.45) is 0. The smallest absolute Gasteiger partial charge is 0.257 e. The van der Waals surface area contributed by atoms with Crippen LogP contribution in [0.5, 0.6) is 11.5 Å². The van der Waals surface area contributed by atoms with Gasteiger partial charge in [-0.1, -0.05) is 24.3 Å². The van der Waals surface area contributed by atoms with Crippen molar-refractivity contribution in [1.82, 2.24) is 14.8 Å². The maximum absolute atomic E-state index is 12.9. The maximum atomic E-state index is 12.9. The molecule has 30 heavy (non-hydrogen) atoms. The monoisotopic (exact) mass is 423 g/mol. The summed E-state index contributed by atoms with van der Waals surface area (Å²) in [6, 6.07) is 15.4. The highest BCUT2D eigenvalue weighted by atomic mass is 32.1. The Morgan fingerprint density at radius 3 is 2.60 bits per heavy atom. The van der Waals surface area contributed by atoms with Crippen LogP contribution < -0.4 is 9.47 Å². The highest BCUT2D eigenvalue weighted by Crippen LogP contribution is 2.26. The summed E-state index contributed by atoms with van der Waals surface area (Å²) in [5.41, 5.74) is 2.65. The van der Waals surface area contributed by atoms with Gasteiger partial charge in [0.05, 0.1) is 32.0 Å². The average Bonchev–Trinajstić information content (AvgIpc) is 3.27. The van der Waals surface area contributed by atoms with E-state index in [1.807, 2.05) is 53.4 Å². The first-order valence-corrected chi connectivity index (χ1v) is 10.8. The maximum Gasteiger partial charge on any atom is 0.257 e. The summed E-state index contributed by atoms with van der Waals surface area (Å²) in [5, 5.41) is 3.17. The summed E-state index contributed by atoms with van der Waals surface area (Å²) in [4.78, 5) is 21.9. The van der Waals surface area contributed by atoms with Crippen LogP contribution in [0.15, 0.2) is 53.9 Å². The Morgan fingerprint density at radius 1 is 1.03 bits per heavy atom. The predicted molar refractivity (Wildman–Crippen MR) is 118 cm³/mol. The molecule has 0 atom stereocenters. The molecule has 1 aliphatic heterocycles. The average molecular weight is 424 g/mol. The lowest BCUT2D eigenvalue weighted by Gasteiger charge is -2.34. The van der Waals surface area contributed by atoms with Gasteiger partial charge in [-0.25, -0.2) is 4.98 Å². The van der Waals surface area contributed by atoms with E-state index in [9.17, 15) is 4.79 Å². The lowest BCUT2D eigenvalue weighted by Crippen LogP contribution is -2.48. The molecule has 156 valence electrons. The molecule has 1 aliphatic rings. The zero-order chi connectivity index (χ0) is 20.9. The Morgan fingerprint density at radius 2 is 1.83 bits per heavy atom. The van der Waals surface area contributed by atoms with Gasteiger partial charge in [-0.3, -0.25) is 9.69 Å². The highest BCUT2D eigenvalue weighted by Gasteiger charge is 2.24. The topological polar surface area (TPSA) is 54.9 Å². The van der Waals surface area contributed by atoms with Gasteiger partial charge in [0.2, 0.25) is 0 Å². The van der Waals surface area contributed by atoms with Crippen LogP contribution in [0.1, 0.15) is 15.4 Å². The van der Waals surface area contributed by atoms with E-state index in [0.29, 0.717) is 24.4 Å². The number of methoxy groups -OCH3 is 2. The van der Waals surface area contributed by atoms with Crippen molar-refractivity contribution >= 4 is 17.2 Å². The second-order valence-electron chi connectivity index (χ2n) is 7.13. The fourth-order valence-electron chi connectivity index (χ4n) is 3.59. The lowest BCUT2D eigenvalue weighted by molar-refractivity contribution is 0.0625. The van der Waals surface area contributed by atoms with Crippen LogP contribution in [-0.4, -0.2) is 61.1 Å². The summed E-state index contributed by atoms with van der Waals surface area (Å²) < 4.78 is 10.6. The minimum absolute atomic E-state index is 0.0293. The van der Waals surface area contributed by atoms with Crippen LogP contribution >= 0.6 is 11.3 Å². The normalized spacial score (nSPS) is 14.5. The summed E-state index contributed by atoms with van der Waals surface area (Å²) in [5.74, 6) is 1.48. The molecule has 0 saturated carbocycles. The molecular formula is C23H25N3O3S. The Kier molecular flexibility index (Phi) is 6.30. The van der Waals surface area contributed by atoms with Crippen LogP contribution in [0.4, 0.5) is 0 Å². The van der Waals surface area contributed by atoms with E-state index in [2.05, 4.69) is 10.3 Å². The molecule has 3 aromatic rings. The largest absolute Gasteiger partial charge is 0.497 e. The van der Waals surface area contributed by atoms with Crippen LogP contribution in [0.3, 0.4) is 0 Å². The number of nitrogens with zero attached hydrogens (tertiary/aromatic N) is 3. The number of aromatic nitrogens is 1. The predicted octanol–water partition coefficient (Wildman–Crippen LogP) is 3.79. The number of para-hydroxylation sites is 1. The molecular weight excluding hydrogens is 398 g/mol. The van der Waals surface area contributed by atoms with Gasteiger partial charge in [0.1, 0.15) is 16.5 Å². The van der Waals surface area contributed by atoms with E-state index in [1.165, 1.54) is 0 Å². The molecule has 1 saturated heterocycles. The van der Waals surface area contributed by atoms with Crippen LogP contribution in [-0.2, 0) is 6.54 Å². The first-order valence-electron chi connectivity index (χ1n) is 9.91. The third-order valence-corrected chi connectivity index (χ3v) is 6.11. The van der Waals surface area contributed by atoms with E-state index in [-0.39, 0.29) is 5.91 Å². The molecule has 2 heterocycles. The second-order valence-corrected chi connectivity index (χ2v) is 8.07. The molecule has 0 spiro atoms. The van der Waals surface area contributed by atoms with E-state index >= 15 is 0 Å². The third-order valence-electron chi connectivity index (χ3n) is 5.27. The first kappa shape index (κ1) is 20.4. The lowest BCUT2D eigenvalue weighted by atomic mass is 10.1. The molecule has 1 aromatic heterocycles. The third kappa shape index (κ3) is 4.47. The van der Waals surface area contributed by atoms with Gasteiger partial charge in [-0.05, 0) is 24.3 Å². The summed E-state index contributed by atoms with van der Waals surface area (Å²) in [7, 11) is 3.27. The fraction of sp³-hybridized carbons (Fsp3) is 0.304. The summed E-state index contributed by atoms with van der Waals surface area (Å²) in [6.45, 7) is 3.85. The van der Waals surface area contributed by atoms with Crippen molar-refractivity contribution < 1.29 is 14.3 Å². The molecule has 7 heteroatoms. The Hall–Kier alpha value is -2.90. The van der Waals surface area contributed by atoms with Gasteiger partial charge < -0.3 is 14.4 Å². The number of carbonyl (C=O) groups is 1. The van der Waals surface area contributed by atoms with Crippen LogP contribution in [0.2, 0.25) is 0 Å². The number of carbonyl (C=O) groups excluding carboxylic acids is 1. The quantitative estimate of drug-likeness (QED) is 0.604. The molecule has 1 amide bonds. The number of hydrogen-bond donors (Lipinski definition) is 0. The zero-order valence-electron chi connectivity index (χ0n) is 17.2. The molecule has 0 N–H and O–H groups in total. The molecule has 4 rings (SSSR count). The van der Waals surface area contributed by atoms with E-state index in [0.717, 1.165) is 41.6 Å². The van der Waals surface area contributed by atoms with Crippen LogP contribution in [0.25, 0.3) is 11.3 Å². The molecule has 0 unspecified atom stereocenters. The number of ether oxygens (including phenoxy) is 2. The molecule has 0 radical (unpaired) electrons. The van der Waals surface area contributed by atoms with Crippen molar-refractivity contribution in [2.45, 2.75) is 6.54 Å². The van der Waals surface area contributed by atoms with Gasteiger partial charge in [-0.2, -0.15) is 0 Å². The van der Waals surface area contributed by atoms with Crippen molar-refractivity contribution in [3.63, 3.8) is 0 Å². The number of thiazole rings is 1. The van der Waals surface area contributed by atoms with Crippen molar-refractivity contribution in [3.8, 4) is 22.8 Å². The van der Waals surface area contributed by atoms with Gasteiger partial charge in [0.25, 0.3) is 5.91 Å². The van der Waals surface area contributed by atoms with Crippen LogP contribution in [0, 0.1) is 0 Å². The van der Waals surface area contributed by atoms with E-state index < -0.39 is 0 Å². The van der Waals surface area contributed by atoms with Crippen molar-refractivity contribution in [1.29, 1.82) is 0 Å². The number of hydrogen-bond acceptors (Lipinski definition) is 6. The molecule has 2 aromatic carbocycles. The summed E-state index contributed by atoms with van der Waals surface area (Å²) >= 11 is 1.67. The fourth-order valence-corrected chi connectivity index (χ4v) is 4.44. The molecule has 0 bridgehead atoms.